The summed E-state index contributed by atoms with van der Waals surface area (Å²) in [7, 11) is 0. The van der Waals surface area contributed by atoms with Gasteiger partial charge in [-0.1, -0.05) is 0 Å². The summed E-state index contributed by atoms with van der Waals surface area (Å²) < 4.78 is 0. The van der Waals surface area contributed by atoms with Crippen molar-refractivity contribution in [2.45, 2.75) is 5.03 Å². The first kappa shape index (κ1) is 10.5. The molecule has 0 fully saturated rings. The molecule has 14 heavy (non-hydrogen) atoms. The van der Waals surface area contributed by atoms with Crippen molar-refractivity contribution in [2.24, 2.45) is 0 Å². The highest BCUT2D eigenvalue weighted by Gasteiger charge is 2.15. The molecule has 0 aliphatic carbocycles. The molecule has 1 aromatic rings. The minimum Gasteiger partial charge on any atom is -0.396 e. The van der Waals surface area contributed by atoms with Crippen LogP contribution in [-0.2, 0) is 0 Å². The number of hydrogen-bond acceptors (Lipinski definition) is 5. The van der Waals surface area contributed by atoms with Crippen LogP contribution in [0.2, 0.25) is 0 Å². The second-order valence-corrected chi connectivity index (χ2v) is 3.52. The van der Waals surface area contributed by atoms with Gasteiger partial charge in [0.2, 0.25) is 0 Å². The van der Waals surface area contributed by atoms with E-state index in [9.17, 15) is 0 Å². The number of H-pyrrole nitrogens is 1. The fourth-order valence-corrected chi connectivity index (χ4v) is 1.74. The SMILES string of the molecule is N#Cc1c(N)[nH]c(SCCO)c1C#N. The molecule has 0 spiro atoms. The number of aromatic amines is 1. The normalized spacial score (nSPS) is 9.36. The van der Waals surface area contributed by atoms with Gasteiger partial charge in [-0.05, 0) is 0 Å². The zero-order valence-corrected chi connectivity index (χ0v) is 8.06. The maximum atomic E-state index is 8.79. The maximum absolute atomic E-state index is 8.79. The van der Waals surface area contributed by atoms with E-state index in [1.165, 1.54) is 11.8 Å². The van der Waals surface area contributed by atoms with Crippen molar-refractivity contribution >= 4 is 17.6 Å². The van der Waals surface area contributed by atoms with Gasteiger partial charge in [0, 0.05) is 5.75 Å². The molecule has 1 aromatic heterocycles. The molecular weight excluding hydrogens is 200 g/mol. The number of aromatic nitrogens is 1. The van der Waals surface area contributed by atoms with Crippen molar-refractivity contribution in [3.05, 3.63) is 11.1 Å². The Hall–Kier alpha value is -1.63. The molecule has 0 aromatic carbocycles. The van der Waals surface area contributed by atoms with Gasteiger partial charge in [-0.25, -0.2) is 0 Å². The summed E-state index contributed by atoms with van der Waals surface area (Å²) >= 11 is 1.26. The molecule has 0 atom stereocenters. The molecule has 0 saturated carbocycles. The number of nitrogen functional groups attached to an aromatic ring is 1. The molecule has 5 nitrogen and oxygen atoms in total. The van der Waals surface area contributed by atoms with Crippen molar-refractivity contribution in [1.29, 1.82) is 10.5 Å². The number of hydrogen-bond donors (Lipinski definition) is 3. The number of thioether (sulfide) groups is 1. The smallest absolute Gasteiger partial charge is 0.121 e. The van der Waals surface area contributed by atoms with Crippen LogP contribution in [0.25, 0.3) is 0 Å². The fraction of sp³-hybridized carbons (Fsp3) is 0.250. The van der Waals surface area contributed by atoms with Crippen LogP contribution in [0.3, 0.4) is 0 Å². The van der Waals surface area contributed by atoms with E-state index in [1.54, 1.807) is 0 Å². The molecule has 1 heterocycles. The van der Waals surface area contributed by atoms with E-state index in [4.69, 9.17) is 21.4 Å². The molecule has 0 amide bonds. The van der Waals surface area contributed by atoms with E-state index in [2.05, 4.69) is 4.98 Å². The Morgan fingerprint density at radius 3 is 2.50 bits per heavy atom. The highest BCUT2D eigenvalue weighted by Crippen LogP contribution is 2.27. The van der Waals surface area contributed by atoms with Crippen molar-refractivity contribution in [2.75, 3.05) is 18.1 Å². The Labute approximate surface area is 85.1 Å². The predicted octanol–water partition coefficient (Wildman–Crippen LogP) is 0.425. The third kappa shape index (κ3) is 1.82. The summed E-state index contributed by atoms with van der Waals surface area (Å²) in [5.41, 5.74) is 5.92. The summed E-state index contributed by atoms with van der Waals surface area (Å²) in [5.74, 6) is 0.656. The Balaban J connectivity index is 3.08. The standard InChI is InChI=1S/C8H8N4OS/c9-3-5-6(4-10)8(12-7(5)11)14-2-1-13/h12-13H,1-2,11H2. The largest absolute Gasteiger partial charge is 0.396 e. The van der Waals surface area contributed by atoms with Crippen molar-refractivity contribution in [3.8, 4) is 12.1 Å². The number of anilines is 1. The molecular formula is C8H8N4OS. The first-order chi connectivity index (χ1) is 6.74. The highest BCUT2D eigenvalue weighted by atomic mass is 32.2. The average Bonchev–Trinajstić information content (AvgIpc) is 2.50. The lowest BCUT2D eigenvalue weighted by molar-refractivity contribution is 0.322. The molecule has 4 N–H and O–H groups in total. The van der Waals surface area contributed by atoms with Gasteiger partial charge in [0.1, 0.15) is 29.1 Å². The predicted molar refractivity (Wildman–Crippen MR) is 52.4 cm³/mol. The minimum atomic E-state index is 0.0103. The minimum absolute atomic E-state index is 0.0103. The Morgan fingerprint density at radius 1 is 1.36 bits per heavy atom. The molecule has 0 aliphatic heterocycles. The van der Waals surface area contributed by atoms with E-state index in [0.717, 1.165) is 0 Å². The molecule has 1 rings (SSSR count). The van der Waals surface area contributed by atoms with Gasteiger partial charge < -0.3 is 15.8 Å². The van der Waals surface area contributed by atoms with Crippen LogP contribution in [0.5, 0.6) is 0 Å². The topological polar surface area (TPSA) is 110 Å². The number of nitrogens with zero attached hydrogens (tertiary/aromatic N) is 2. The van der Waals surface area contributed by atoms with Crippen molar-refractivity contribution < 1.29 is 5.11 Å². The molecule has 0 saturated heterocycles. The van der Waals surface area contributed by atoms with Crippen LogP contribution in [0.4, 0.5) is 5.82 Å². The van der Waals surface area contributed by atoms with Crippen LogP contribution in [0.1, 0.15) is 11.1 Å². The van der Waals surface area contributed by atoms with E-state index in [1.807, 2.05) is 12.1 Å². The monoisotopic (exact) mass is 208 g/mol. The Kier molecular flexibility index (Phi) is 3.41. The van der Waals surface area contributed by atoms with Gasteiger partial charge in [-0.15, -0.1) is 11.8 Å². The van der Waals surface area contributed by atoms with Gasteiger partial charge in [0.05, 0.1) is 11.6 Å². The molecule has 0 aliphatic rings. The number of aliphatic hydroxyl groups is 1. The highest BCUT2D eigenvalue weighted by molar-refractivity contribution is 7.99. The van der Waals surface area contributed by atoms with E-state index in [0.29, 0.717) is 10.8 Å². The van der Waals surface area contributed by atoms with Crippen LogP contribution >= 0.6 is 11.8 Å². The third-order valence-electron chi connectivity index (χ3n) is 1.56. The number of nitriles is 2. The first-order valence-corrected chi connectivity index (χ1v) is 4.78. The third-order valence-corrected chi connectivity index (χ3v) is 2.54. The van der Waals surface area contributed by atoms with Crippen molar-refractivity contribution in [1.82, 2.24) is 4.98 Å². The van der Waals surface area contributed by atoms with Gasteiger partial charge in [-0.2, -0.15) is 10.5 Å². The summed E-state index contributed by atoms with van der Waals surface area (Å²) in [6.45, 7) is 0.0103. The van der Waals surface area contributed by atoms with E-state index < -0.39 is 0 Å². The fourth-order valence-electron chi connectivity index (χ4n) is 0.974. The lowest BCUT2D eigenvalue weighted by Crippen LogP contribution is -1.87. The lowest BCUT2D eigenvalue weighted by Gasteiger charge is -1.94. The number of rotatable bonds is 3. The molecule has 6 heteroatoms. The average molecular weight is 208 g/mol. The zero-order valence-electron chi connectivity index (χ0n) is 7.24. The van der Waals surface area contributed by atoms with Crippen molar-refractivity contribution in [3.63, 3.8) is 0 Å². The second-order valence-electron chi connectivity index (χ2n) is 2.41. The Morgan fingerprint density at radius 2 is 2.00 bits per heavy atom. The van der Waals surface area contributed by atoms with Gasteiger partial charge >= 0.3 is 0 Å². The van der Waals surface area contributed by atoms with E-state index in [-0.39, 0.29) is 23.6 Å². The van der Waals surface area contributed by atoms with Crippen LogP contribution in [0.15, 0.2) is 5.03 Å². The maximum Gasteiger partial charge on any atom is 0.121 e. The zero-order chi connectivity index (χ0) is 10.6. The van der Waals surface area contributed by atoms with Gasteiger partial charge in [-0.3, -0.25) is 0 Å². The molecule has 0 radical (unpaired) electrons. The van der Waals surface area contributed by atoms with Crippen LogP contribution in [0, 0.1) is 22.7 Å². The number of aliphatic hydroxyl groups excluding tert-OH is 1. The summed E-state index contributed by atoms with van der Waals surface area (Å²) in [6.07, 6.45) is 0. The lowest BCUT2D eigenvalue weighted by atomic mass is 10.2. The molecule has 0 bridgehead atoms. The summed E-state index contributed by atoms with van der Waals surface area (Å²) in [6, 6.07) is 3.77. The first-order valence-electron chi connectivity index (χ1n) is 3.79. The second kappa shape index (κ2) is 4.56. The van der Waals surface area contributed by atoms with Gasteiger partial charge in [0.25, 0.3) is 0 Å². The Bertz CT molecular complexity index is 412. The van der Waals surface area contributed by atoms with Crippen LogP contribution in [-0.4, -0.2) is 22.5 Å². The molecule has 0 unspecified atom stereocenters. The molecule has 72 valence electrons. The quantitative estimate of drug-likeness (QED) is 0.624. The van der Waals surface area contributed by atoms with E-state index >= 15 is 0 Å². The number of nitrogens with one attached hydrogen (secondary N) is 1. The summed E-state index contributed by atoms with van der Waals surface area (Å²) in [5, 5.41) is 26.6. The van der Waals surface area contributed by atoms with Crippen LogP contribution < -0.4 is 5.73 Å². The summed E-state index contributed by atoms with van der Waals surface area (Å²) in [4.78, 5) is 2.73. The number of nitrogens with two attached hydrogens (primary N) is 1. The van der Waals surface area contributed by atoms with Gasteiger partial charge in [0.15, 0.2) is 0 Å².